The summed E-state index contributed by atoms with van der Waals surface area (Å²) in [6.45, 7) is 8.25. The summed E-state index contributed by atoms with van der Waals surface area (Å²) in [4.78, 5) is 2.62. The topological polar surface area (TPSA) is 3.24 Å². The monoisotopic (exact) mass is 141 g/mol. The highest BCUT2D eigenvalue weighted by Gasteiger charge is 2.25. The maximum absolute atomic E-state index is 2.62. The van der Waals surface area contributed by atoms with Gasteiger partial charge in [-0.3, -0.25) is 4.90 Å². The first-order valence-corrected chi connectivity index (χ1v) is 4.51. The minimum absolute atomic E-state index is 0.843. The van der Waals surface area contributed by atoms with Crippen LogP contribution in [-0.2, 0) is 0 Å². The predicted molar refractivity (Wildman–Crippen MR) is 45.2 cm³/mol. The summed E-state index contributed by atoms with van der Waals surface area (Å²) in [5, 5.41) is 0. The smallest absolute Gasteiger partial charge is 0.00703 e. The first kappa shape index (κ1) is 8.06. The summed E-state index contributed by atoms with van der Waals surface area (Å²) >= 11 is 0. The number of rotatable bonds is 2. The van der Waals surface area contributed by atoms with Crippen molar-refractivity contribution < 1.29 is 0 Å². The summed E-state index contributed by atoms with van der Waals surface area (Å²) in [5.74, 6) is 0. The molecule has 0 aromatic rings. The Hall–Kier alpha value is -0.0400. The van der Waals surface area contributed by atoms with Gasteiger partial charge in [0.05, 0.1) is 0 Å². The Labute approximate surface area is 64.4 Å². The van der Waals surface area contributed by atoms with Gasteiger partial charge < -0.3 is 0 Å². The zero-order valence-electron chi connectivity index (χ0n) is 7.43. The maximum Gasteiger partial charge on any atom is 0.00703 e. The third-order valence-electron chi connectivity index (χ3n) is 2.62. The van der Waals surface area contributed by atoms with Gasteiger partial charge in [-0.2, -0.15) is 0 Å². The van der Waals surface area contributed by atoms with E-state index in [0.717, 1.165) is 12.1 Å². The van der Waals surface area contributed by atoms with E-state index in [2.05, 4.69) is 25.7 Å². The van der Waals surface area contributed by atoms with Crippen LogP contribution in [0.4, 0.5) is 0 Å². The van der Waals surface area contributed by atoms with E-state index in [1.165, 1.54) is 25.8 Å². The molecule has 1 heterocycles. The third-order valence-corrected chi connectivity index (χ3v) is 2.62. The highest BCUT2D eigenvalue weighted by Crippen LogP contribution is 2.22. The molecule has 0 spiro atoms. The molecule has 0 amide bonds. The van der Waals surface area contributed by atoms with Crippen molar-refractivity contribution in [1.29, 1.82) is 0 Å². The molecule has 0 aliphatic carbocycles. The van der Waals surface area contributed by atoms with E-state index in [1.807, 2.05) is 0 Å². The van der Waals surface area contributed by atoms with Crippen LogP contribution in [0.3, 0.4) is 0 Å². The second-order valence-corrected chi connectivity index (χ2v) is 3.51. The predicted octanol–water partition coefficient (Wildman–Crippen LogP) is 2.27. The lowest BCUT2D eigenvalue weighted by Gasteiger charge is -2.24. The summed E-state index contributed by atoms with van der Waals surface area (Å²) in [7, 11) is 0. The van der Waals surface area contributed by atoms with Gasteiger partial charge >= 0.3 is 0 Å². The lowest BCUT2D eigenvalue weighted by Crippen LogP contribution is -2.33. The second-order valence-electron chi connectivity index (χ2n) is 3.51. The summed E-state index contributed by atoms with van der Waals surface area (Å²) in [6, 6.07) is 1.69. The third kappa shape index (κ3) is 1.51. The molecule has 0 radical (unpaired) electrons. The Morgan fingerprint density at radius 2 is 1.70 bits per heavy atom. The van der Waals surface area contributed by atoms with Gasteiger partial charge in [0, 0.05) is 12.1 Å². The SMILES string of the molecule is CCCN1C(C)CCC1C. The van der Waals surface area contributed by atoms with E-state index in [-0.39, 0.29) is 0 Å². The molecule has 1 aliphatic heterocycles. The van der Waals surface area contributed by atoms with E-state index < -0.39 is 0 Å². The number of likely N-dealkylation sites (tertiary alicyclic amines) is 1. The standard InChI is InChI=1S/C9H19N/c1-4-7-10-8(2)5-6-9(10)3/h8-9H,4-7H2,1-3H3. The van der Waals surface area contributed by atoms with Crippen LogP contribution >= 0.6 is 0 Å². The van der Waals surface area contributed by atoms with E-state index >= 15 is 0 Å². The lowest BCUT2D eigenvalue weighted by molar-refractivity contribution is 0.215. The fraction of sp³-hybridized carbons (Fsp3) is 1.00. The molecule has 1 heteroatoms. The Bertz CT molecular complexity index is 90.9. The van der Waals surface area contributed by atoms with Gasteiger partial charge in [0.2, 0.25) is 0 Å². The molecule has 1 saturated heterocycles. The van der Waals surface area contributed by atoms with Crippen LogP contribution in [0.5, 0.6) is 0 Å². The molecule has 2 unspecified atom stereocenters. The van der Waals surface area contributed by atoms with Crippen LogP contribution < -0.4 is 0 Å². The quantitative estimate of drug-likeness (QED) is 0.570. The van der Waals surface area contributed by atoms with Crippen molar-refractivity contribution in [2.24, 2.45) is 0 Å². The van der Waals surface area contributed by atoms with Crippen LogP contribution in [0, 0.1) is 0 Å². The summed E-state index contributed by atoms with van der Waals surface area (Å²) in [6.07, 6.45) is 4.11. The number of nitrogens with zero attached hydrogens (tertiary/aromatic N) is 1. The van der Waals surface area contributed by atoms with E-state index in [9.17, 15) is 0 Å². The van der Waals surface area contributed by atoms with Gasteiger partial charge in [-0.25, -0.2) is 0 Å². The molecule has 0 bridgehead atoms. The molecule has 1 rings (SSSR count). The molecule has 0 aromatic heterocycles. The molecule has 1 fully saturated rings. The number of hydrogen-bond donors (Lipinski definition) is 0. The molecule has 10 heavy (non-hydrogen) atoms. The highest BCUT2D eigenvalue weighted by molar-refractivity contribution is 4.81. The molecule has 0 saturated carbocycles. The van der Waals surface area contributed by atoms with Crippen molar-refractivity contribution in [3.8, 4) is 0 Å². The van der Waals surface area contributed by atoms with E-state index in [1.54, 1.807) is 0 Å². The van der Waals surface area contributed by atoms with E-state index in [0.29, 0.717) is 0 Å². The fourth-order valence-corrected chi connectivity index (χ4v) is 1.95. The van der Waals surface area contributed by atoms with Crippen LogP contribution in [-0.4, -0.2) is 23.5 Å². The van der Waals surface area contributed by atoms with Gasteiger partial charge in [-0.05, 0) is 39.7 Å². The van der Waals surface area contributed by atoms with Gasteiger partial charge in [0.15, 0.2) is 0 Å². The minimum atomic E-state index is 0.843. The van der Waals surface area contributed by atoms with Crippen LogP contribution in [0.2, 0.25) is 0 Å². The molecule has 60 valence electrons. The first-order valence-electron chi connectivity index (χ1n) is 4.51. The lowest BCUT2D eigenvalue weighted by atomic mass is 10.2. The molecular weight excluding hydrogens is 122 g/mol. The summed E-state index contributed by atoms with van der Waals surface area (Å²) < 4.78 is 0. The normalized spacial score (nSPS) is 35.1. The zero-order chi connectivity index (χ0) is 7.56. The van der Waals surface area contributed by atoms with Gasteiger partial charge in [0.25, 0.3) is 0 Å². The van der Waals surface area contributed by atoms with Crippen molar-refractivity contribution in [3.05, 3.63) is 0 Å². The Kier molecular flexibility index (Phi) is 2.72. The minimum Gasteiger partial charge on any atom is -0.298 e. The first-order chi connectivity index (χ1) is 4.75. The number of hydrogen-bond acceptors (Lipinski definition) is 1. The second kappa shape index (κ2) is 3.38. The van der Waals surface area contributed by atoms with Crippen LogP contribution in [0.15, 0.2) is 0 Å². The van der Waals surface area contributed by atoms with Crippen molar-refractivity contribution in [3.63, 3.8) is 0 Å². The van der Waals surface area contributed by atoms with Crippen molar-refractivity contribution in [2.45, 2.75) is 52.1 Å². The van der Waals surface area contributed by atoms with Crippen molar-refractivity contribution in [1.82, 2.24) is 4.90 Å². The van der Waals surface area contributed by atoms with Gasteiger partial charge in [-0.1, -0.05) is 6.92 Å². The zero-order valence-corrected chi connectivity index (χ0v) is 7.43. The van der Waals surface area contributed by atoms with Gasteiger partial charge in [-0.15, -0.1) is 0 Å². The Balaban J connectivity index is 2.38. The largest absolute Gasteiger partial charge is 0.298 e. The summed E-state index contributed by atoms with van der Waals surface area (Å²) in [5.41, 5.74) is 0. The molecular formula is C9H19N. The van der Waals surface area contributed by atoms with Crippen molar-refractivity contribution >= 4 is 0 Å². The molecule has 0 N–H and O–H groups in total. The Morgan fingerprint density at radius 1 is 1.20 bits per heavy atom. The van der Waals surface area contributed by atoms with E-state index in [4.69, 9.17) is 0 Å². The van der Waals surface area contributed by atoms with Crippen molar-refractivity contribution in [2.75, 3.05) is 6.54 Å². The van der Waals surface area contributed by atoms with Gasteiger partial charge in [0.1, 0.15) is 0 Å². The molecule has 2 atom stereocenters. The average molecular weight is 141 g/mol. The fourth-order valence-electron chi connectivity index (χ4n) is 1.95. The van der Waals surface area contributed by atoms with Crippen LogP contribution in [0.25, 0.3) is 0 Å². The molecule has 1 aliphatic rings. The average Bonchev–Trinajstić information content (AvgIpc) is 2.20. The highest BCUT2D eigenvalue weighted by atomic mass is 15.2. The molecule has 1 nitrogen and oxygen atoms in total. The van der Waals surface area contributed by atoms with Crippen LogP contribution in [0.1, 0.15) is 40.0 Å². The Morgan fingerprint density at radius 3 is 2.10 bits per heavy atom. The molecule has 0 aromatic carbocycles. The maximum atomic E-state index is 2.62.